The molecule has 0 saturated carbocycles. The Morgan fingerprint density at radius 2 is 2.12 bits per heavy atom. The first-order valence-corrected chi connectivity index (χ1v) is 8.65. The third-order valence-corrected chi connectivity index (χ3v) is 4.12. The first-order chi connectivity index (χ1) is 12.2. The van der Waals surface area contributed by atoms with E-state index in [-0.39, 0.29) is 12.1 Å². The van der Waals surface area contributed by atoms with Crippen LogP contribution in [0, 0.1) is 0 Å². The third-order valence-electron chi connectivity index (χ3n) is 4.12. The number of hydrogen-bond donors (Lipinski definition) is 1. The van der Waals surface area contributed by atoms with Crippen molar-refractivity contribution < 1.29 is 14.1 Å². The summed E-state index contributed by atoms with van der Waals surface area (Å²) in [7, 11) is 0. The Kier molecular flexibility index (Phi) is 5.81. The number of ether oxygens (including phenoxy) is 1. The number of urea groups is 1. The van der Waals surface area contributed by atoms with E-state index in [1.165, 1.54) is 0 Å². The number of likely N-dealkylation sites (tertiary alicyclic amines) is 1. The van der Waals surface area contributed by atoms with Crippen molar-refractivity contribution in [1.82, 2.24) is 25.3 Å². The minimum absolute atomic E-state index is 0.0578. The topological polar surface area (TPSA) is 93.4 Å². The zero-order valence-corrected chi connectivity index (χ0v) is 14.4. The van der Waals surface area contributed by atoms with Gasteiger partial charge in [-0.3, -0.25) is 4.98 Å². The first-order valence-electron chi connectivity index (χ1n) is 8.65. The quantitative estimate of drug-likeness (QED) is 0.858. The van der Waals surface area contributed by atoms with Crippen LogP contribution in [-0.4, -0.2) is 51.8 Å². The molecule has 2 amide bonds. The largest absolute Gasteiger partial charge is 0.490 e. The average molecular weight is 345 g/mol. The van der Waals surface area contributed by atoms with E-state index in [9.17, 15) is 4.79 Å². The van der Waals surface area contributed by atoms with Gasteiger partial charge in [0.25, 0.3) is 0 Å². The lowest BCUT2D eigenvalue weighted by atomic mass is 10.1. The van der Waals surface area contributed by atoms with Crippen LogP contribution in [0.2, 0.25) is 0 Å². The van der Waals surface area contributed by atoms with E-state index in [2.05, 4.69) is 20.4 Å². The monoisotopic (exact) mass is 345 g/mol. The first kappa shape index (κ1) is 17.2. The minimum atomic E-state index is -0.0578. The molecule has 3 rings (SSSR count). The number of aromatic nitrogens is 3. The summed E-state index contributed by atoms with van der Waals surface area (Å²) >= 11 is 0. The molecule has 8 nitrogen and oxygen atoms in total. The van der Waals surface area contributed by atoms with Gasteiger partial charge < -0.3 is 19.5 Å². The number of carbonyl (C=O) groups is 1. The molecule has 0 unspecified atom stereocenters. The number of carbonyl (C=O) groups excluding carboxylic acids is 1. The molecule has 2 aromatic rings. The highest BCUT2D eigenvalue weighted by Crippen LogP contribution is 2.18. The van der Waals surface area contributed by atoms with Crippen molar-refractivity contribution in [3.8, 4) is 5.75 Å². The predicted molar refractivity (Wildman–Crippen MR) is 90.2 cm³/mol. The molecule has 1 N–H and O–H groups in total. The van der Waals surface area contributed by atoms with Crippen LogP contribution >= 0.6 is 0 Å². The fourth-order valence-electron chi connectivity index (χ4n) is 2.71. The van der Waals surface area contributed by atoms with Gasteiger partial charge in [-0.2, -0.15) is 4.98 Å². The number of amides is 2. The molecule has 8 heteroatoms. The predicted octanol–water partition coefficient (Wildman–Crippen LogP) is 1.82. The fourth-order valence-corrected chi connectivity index (χ4v) is 2.71. The molecular formula is C17H23N5O3. The van der Waals surface area contributed by atoms with E-state index in [1.807, 2.05) is 24.0 Å². The molecule has 25 heavy (non-hydrogen) atoms. The van der Waals surface area contributed by atoms with Crippen molar-refractivity contribution >= 4 is 6.03 Å². The lowest BCUT2D eigenvalue weighted by Crippen LogP contribution is -2.46. The summed E-state index contributed by atoms with van der Waals surface area (Å²) in [6, 6.07) is 3.64. The van der Waals surface area contributed by atoms with Crippen molar-refractivity contribution in [3.63, 3.8) is 0 Å². The van der Waals surface area contributed by atoms with Crippen molar-refractivity contribution in [1.29, 1.82) is 0 Å². The Balaban J connectivity index is 1.36. The molecule has 2 aromatic heterocycles. The minimum Gasteiger partial charge on any atom is -0.490 e. The van der Waals surface area contributed by atoms with Gasteiger partial charge in [0.15, 0.2) is 5.82 Å². The number of nitrogens with zero attached hydrogens (tertiary/aromatic N) is 4. The number of nitrogens with one attached hydrogen (secondary N) is 1. The zero-order valence-electron chi connectivity index (χ0n) is 14.4. The van der Waals surface area contributed by atoms with E-state index >= 15 is 0 Å². The zero-order chi connectivity index (χ0) is 17.5. The Morgan fingerprint density at radius 1 is 1.36 bits per heavy atom. The van der Waals surface area contributed by atoms with E-state index in [0.29, 0.717) is 37.8 Å². The van der Waals surface area contributed by atoms with Crippen LogP contribution in [0.4, 0.5) is 4.79 Å². The molecular weight excluding hydrogens is 322 g/mol. The molecule has 3 heterocycles. The lowest BCUT2D eigenvalue weighted by molar-refractivity contribution is 0.111. The van der Waals surface area contributed by atoms with Crippen LogP contribution in [0.25, 0.3) is 0 Å². The maximum absolute atomic E-state index is 12.2. The van der Waals surface area contributed by atoms with Crippen molar-refractivity contribution in [3.05, 3.63) is 36.2 Å². The Hall–Kier alpha value is -2.64. The van der Waals surface area contributed by atoms with Gasteiger partial charge in [-0.05, 0) is 12.1 Å². The highest BCUT2D eigenvalue weighted by Gasteiger charge is 2.23. The molecule has 0 aromatic carbocycles. The van der Waals surface area contributed by atoms with E-state index in [0.717, 1.165) is 25.0 Å². The second-order valence-electron chi connectivity index (χ2n) is 5.93. The van der Waals surface area contributed by atoms with Gasteiger partial charge in [-0.15, -0.1) is 0 Å². The molecule has 1 aliphatic rings. The Bertz CT molecular complexity index is 668. The van der Waals surface area contributed by atoms with Crippen LogP contribution in [0.1, 0.15) is 31.5 Å². The van der Waals surface area contributed by atoms with Crippen molar-refractivity contribution in [2.75, 3.05) is 19.6 Å². The van der Waals surface area contributed by atoms with Crippen molar-refractivity contribution in [2.24, 2.45) is 0 Å². The maximum Gasteiger partial charge on any atom is 0.317 e. The van der Waals surface area contributed by atoms with E-state index < -0.39 is 0 Å². The summed E-state index contributed by atoms with van der Waals surface area (Å²) in [5.74, 6) is 2.07. The normalized spacial score (nSPS) is 15.2. The standard InChI is InChI=1S/C17H23N5O3/c1-2-15-20-16(25-21-15)5-10-19-17(23)22-11-6-14(7-12-22)24-13-3-8-18-9-4-13/h3-4,8-9,14H,2,5-7,10-12H2,1H3,(H,19,23). The smallest absolute Gasteiger partial charge is 0.317 e. The summed E-state index contributed by atoms with van der Waals surface area (Å²) in [5.41, 5.74) is 0. The lowest BCUT2D eigenvalue weighted by Gasteiger charge is -2.32. The number of pyridine rings is 1. The van der Waals surface area contributed by atoms with E-state index in [4.69, 9.17) is 9.26 Å². The van der Waals surface area contributed by atoms with Gasteiger partial charge >= 0.3 is 6.03 Å². The van der Waals surface area contributed by atoms with Crippen LogP contribution in [0.15, 0.2) is 29.0 Å². The molecule has 0 bridgehead atoms. The summed E-state index contributed by atoms with van der Waals surface area (Å²) in [5, 5.41) is 6.74. The second kappa shape index (κ2) is 8.46. The van der Waals surface area contributed by atoms with Crippen LogP contribution in [-0.2, 0) is 12.8 Å². The molecule has 1 aliphatic heterocycles. The van der Waals surface area contributed by atoms with Crippen molar-refractivity contribution in [2.45, 2.75) is 38.7 Å². The van der Waals surface area contributed by atoms with Crippen LogP contribution < -0.4 is 10.1 Å². The molecule has 1 saturated heterocycles. The number of rotatable bonds is 6. The molecule has 0 aliphatic carbocycles. The SMILES string of the molecule is CCc1noc(CCNC(=O)N2CCC(Oc3ccncc3)CC2)n1. The number of piperidine rings is 1. The molecule has 0 atom stereocenters. The average Bonchev–Trinajstić information content (AvgIpc) is 3.11. The number of hydrogen-bond acceptors (Lipinski definition) is 6. The third kappa shape index (κ3) is 4.91. The van der Waals surface area contributed by atoms with Gasteiger partial charge in [0, 0.05) is 57.7 Å². The van der Waals surface area contributed by atoms with Crippen LogP contribution in [0.3, 0.4) is 0 Å². The molecule has 0 spiro atoms. The van der Waals surface area contributed by atoms with Gasteiger partial charge in [0.05, 0.1) is 0 Å². The Labute approximate surface area is 146 Å². The van der Waals surface area contributed by atoms with Gasteiger partial charge in [0.1, 0.15) is 11.9 Å². The highest BCUT2D eigenvalue weighted by molar-refractivity contribution is 5.74. The van der Waals surface area contributed by atoms with Gasteiger partial charge in [0.2, 0.25) is 5.89 Å². The van der Waals surface area contributed by atoms with Crippen LogP contribution in [0.5, 0.6) is 5.75 Å². The molecule has 1 fully saturated rings. The summed E-state index contributed by atoms with van der Waals surface area (Å²) in [6.07, 6.45) is 6.48. The number of aryl methyl sites for hydroxylation is 1. The summed E-state index contributed by atoms with van der Waals surface area (Å²) in [6.45, 7) is 3.82. The maximum atomic E-state index is 12.2. The van der Waals surface area contributed by atoms with Gasteiger partial charge in [-0.1, -0.05) is 12.1 Å². The molecule has 0 radical (unpaired) electrons. The second-order valence-corrected chi connectivity index (χ2v) is 5.93. The fraction of sp³-hybridized carbons (Fsp3) is 0.529. The molecule has 134 valence electrons. The highest BCUT2D eigenvalue weighted by atomic mass is 16.5. The summed E-state index contributed by atoms with van der Waals surface area (Å²) < 4.78 is 11.0. The van der Waals surface area contributed by atoms with Gasteiger partial charge in [-0.25, -0.2) is 4.79 Å². The van der Waals surface area contributed by atoms with E-state index in [1.54, 1.807) is 12.4 Å². The Morgan fingerprint density at radius 3 is 2.80 bits per heavy atom. The summed E-state index contributed by atoms with van der Waals surface area (Å²) in [4.78, 5) is 22.2.